The summed E-state index contributed by atoms with van der Waals surface area (Å²) in [7, 11) is 1.66. The zero-order chi connectivity index (χ0) is 15.4. The number of benzene rings is 2. The molecular weight excluding hydrogens is 282 g/mol. The number of nitrogens with one attached hydrogen (secondary N) is 1. The molecule has 5 heteroatoms. The molecule has 1 unspecified atom stereocenters. The van der Waals surface area contributed by atoms with Gasteiger partial charge in [-0.15, -0.1) is 0 Å². The highest BCUT2D eigenvalue weighted by Crippen LogP contribution is 2.16. The van der Waals surface area contributed by atoms with E-state index in [0.29, 0.717) is 5.56 Å². The van der Waals surface area contributed by atoms with Crippen molar-refractivity contribution in [1.29, 1.82) is 0 Å². The highest BCUT2D eigenvalue weighted by molar-refractivity contribution is 5.23. The smallest absolute Gasteiger partial charge is 0.129 e. The second kappa shape index (κ2) is 6.72. The van der Waals surface area contributed by atoms with Gasteiger partial charge in [-0.25, -0.2) is 17.6 Å². The molecule has 2 aromatic rings. The van der Waals surface area contributed by atoms with Gasteiger partial charge in [-0.1, -0.05) is 6.07 Å². The monoisotopic (exact) mass is 297 g/mol. The Morgan fingerprint density at radius 1 is 0.810 bits per heavy atom. The summed E-state index contributed by atoms with van der Waals surface area (Å²) < 4.78 is 53.3. The van der Waals surface area contributed by atoms with Crippen LogP contribution in [0.2, 0.25) is 0 Å². The Balaban J connectivity index is 2.14. The van der Waals surface area contributed by atoms with E-state index < -0.39 is 23.3 Å². The Kier molecular flexibility index (Phi) is 4.96. The molecule has 0 fully saturated rings. The van der Waals surface area contributed by atoms with Gasteiger partial charge in [0.1, 0.15) is 23.3 Å². The molecule has 0 saturated carbocycles. The summed E-state index contributed by atoms with van der Waals surface area (Å²) in [5, 5.41) is 2.94. The van der Waals surface area contributed by atoms with E-state index in [1.165, 1.54) is 12.1 Å². The summed E-state index contributed by atoms with van der Waals surface area (Å²) in [5.74, 6) is -2.31. The van der Waals surface area contributed by atoms with Crippen LogP contribution in [0.25, 0.3) is 0 Å². The van der Waals surface area contributed by atoms with Crippen molar-refractivity contribution < 1.29 is 17.6 Å². The maximum Gasteiger partial charge on any atom is 0.129 e. The third kappa shape index (κ3) is 4.04. The third-order valence-electron chi connectivity index (χ3n) is 3.36. The van der Waals surface area contributed by atoms with Crippen LogP contribution in [-0.2, 0) is 12.8 Å². The normalized spacial score (nSPS) is 12.4. The number of hydrogen-bond acceptors (Lipinski definition) is 1. The zero-order valence-corrected chi connectivity index (χ0v) is 11.5. The van der Waals surface area contributed by atoms with Crippen LogP contribution in [0.3, 0.4) is 0 Å². The van der Waals surface area contributed by atoms with Gasteiger partial charge in [0.25, 0.3) is 0 Å². The molecule has 0 aliphatic carbocycles. The Bertz CT molecular complexity index is 628. The minimum absolute atomic E-state index is 0.205. The van der Waals surface area contributed by atoms with Gasteiger partial charge in [0.05, 0.1) is 0 Å². The topological polar surface area (TPSA) is 12.0 Å². The van der Waals surface area contributed by atoms with Crippen molar-refractivity contribution in [1.82, 2.24) is 5.32 Å². The van der Waals surface area contributed by atoms with Crippen molar-refractivity contribution in [2.24, 2.45) is 0 Å². The summed E-state index contributed by atoms with van der Waals surface area (Å²) in [6, 6.07) is 6.29. The van der Waals surface area contributed by atoms with Crippen molar-refractivity contribution in [2.45, 2.75) is 18.9 Å². The first kappa shape index (κ1) is 15.5. The highest BCUT2D eigenvalue weighted by atomic mass is 19.1. The number of halogens is 4. The lowest BCUT2D eigenvalue weighted by Gasteiger charge is -2.17. The predicted molar refractivity (Wildman–Crippen MR) is 73.0 cm³/mol. The second-order valence-corrected chi connectivity index (χ2v) is 4.87. The average Bonchev–Trinajstić information content (AvgIpc) is 2.44. The van der Waals surface area contributed by atoms with E-state index in [1.807, 2.05) is 0 Å². The van der Waals surface area contributed by atoms with Crippen molar-refractivity contribution >= 4 is 0 Å². The Hall–Kier alpha value is -1.88. The van der Waals surface area contributed by atoms with E-state index in [-0.39, 0.29) is 24.4 Å². The largest absolute Gasteiger partial charge is 0.316 e. The van der Waals surface area contributed by atoms with Gasteiger partial charge in [-0.05, 0) is 55.3 Å². The van der Waals surface area contributed by atoms with Gasteiger partial charge in [0.15, 0.2) is 0 Å². The molecule has 0 amide bonds. The van der Waals surface area contributed by atoms with Crippen LogP contribution in [0.1, 0.15) is 11.1 Å². The van der Waals surface area contributed by atoms with Crippen molar-refractivity contribution in [3.63, 3.8) is 0 Å². The molecular formula is C16H15F4N. The molecule has 0 bridgehead atoms. The predicted octanol–water partition coefficient (Wildman–Crippen LogP) is 3.62. The van der Waals surface area contributed by atoms with Gasteiger partial charge in [-0.2, -0.15) is 0 Å². The maximum atomic E-state index is 13.6. The van der Waals surface area contributed by atoms with Crippen molar-refractivity contribution in [2.75, 3.05) is 7.05 Å². The molecule has 1 atom stereocenters. The molecule has 0 radical (unpaired) electrons. The Morgan fingerprint density at radius 3 is 2.10 bits per heavy atom. The zero-order valence-electron chi connectivity index (χ0n) is 11.5. The highest BCUT2D eigenvalue weighted by Gasteiger charge is 2.14. The molecule has 112 valence electrons. The molecule has 0 aliphatic rings. The van der Waals surface area contributed by atoms with Crippen LogP contribution >= 0.6 is 0 Å². The summed E-state index contributed by atoms with van der Waals surface area (Å²) in [6.07, 6.45) is 0.454. The minimum atomic E-state index is -0.645. The SMILES string of the molecule is CNC(Cc1ccc(F)cc1F)Cc1cc(F)ccc1F. The molecule has 0 heterocycles. The van der Waals surface area contributed by atoms with E-state index >= 15 is 0 Å². The van der Waals surface area contributed by atoms with Gasteiger partial charge >= 0.3 is 0 Å². The minimum Gasteiger partial charge on any atom is -0.316 e. The summed E-state index contributed by atoms with van der Waals surface area (Å²) in [5.41, 5.74) is 0.546. The first-order valence-electron chi connectivity index (χ1n) is 6.54. The molecule has 0 aromatic heterocycles. The fraction of sp³-hybridized carbons (Fsp3) is 0.250. The lowest BCUT2D eigenvalue weighted by atomic mass is 9.98. The van der Waals surface area contributed by atoms with Crippen LogP contribution in [0.4, 0.5) is 17.6 Å². The lowest BCUT2D eigenvalue weighted by molar-refractivity contribution is 0.508. The fourth-order valence-electron chi connectivity index (χ4n) is 2.19. The molecule has 2 rings (SSSR count). The molecule has 1 N–H and O–H groups in total. The van der Waals surface area contributed by atoms with Crippen LogP contribution in [-0.4, -0.2) is 13.1 Å². The Morgan fingerprint density at radius 2 is 1.43 bits per heavy atom. The number of likely N-dealkylation sites (N-methyl/N-ethyl adjacent to an activating group) is 1. The van der Waals surface area contributed by atoms with Crippen LogP contribution in [0, 0.1) is 23.3 Å². The van der Waals surface area contributed by atoms with E-state index in [1.54, 1.807) is 7.05 Å². The number of hydrogen-bond donors (Lipinski definition) is 1. The van der Waals surface area contributed by atoms with E-state index in [4.69, 9.17) is 0 Å². The van der Waals surface area contributed by atoms with Crippen LogP contribution < -0.4 is 5.32 Å². The maximum absolute atomic E-state index is 13.6. The molecule has 0 aliphatic heterocycles. The number of rotatable bonds is 5. The fourth-order valence-corrected chi connectivity index (χ4v) is 2.19. The van der Waals surface area contributed by atoms with Gasteiger partial charge in [0, 0.05) is 12.1 Å². The summed E-state index contributed by atoms with van der Waals surface area (Å²) in [4.78, 5) is 0. The molecule has 2 aromatic carbocycles. The van der Waals surface area contributed by atoms with Gasteiger partial charge < -0.3 is 5.32 Å². The quantitative estimate of drug-likeness (QED) is 0.831. The average molecular weight is 297 g/mol. The molecule has 0 saturated heterocycles. The first-order chi connectivity index (χ1) is 9.99. The molecule has 0 spiro atoms. The van der Waals surface area contributed by atoms with E-state index in [2.05, 4.69) is 5.32 Å². The Labute approximate surface area is 120 Å². The van der Waals surface area contributed by atoms with Gasteiger partial charge in [-0.3, -0.25) is 0 Å². The van der Waals surface area contributed by atoms with Crippen molar-refractivity contribution in [3.8, 4) is 0 Å². The third-order valence-corrected chi connectivity index (χ3v) is 3.36. The van der Waals surface area contributed by atoms with Crippen LogP contribution in [0.5, 0.6) is 0 Å². The summed E-state index contributed by atoms with van der Waals surface area (Å²) in [6.45, 7) is 0. The molecule has 1 nitrogen and oxygen atoms in total. The van der Waals surface area contributed by atoms with Gasteiger partial charge in [0.2, 0.25) is 0 Å². The second-order valence-electron chi connectivity index (χ2n) is 4.87. The van der Waals surface area contributed by atoms with E-state index in [9.17, 15) is 17.6 Å². The molecule has 21 heavy (non-hydrogen) atoms. The standard InChI is InChI=1S/C16H15F4N/c1-21-14(7-10-2-3-13(18)9-16(10)20)8-11-6-12(17)4-5-15(11)19/h2-6,9,14,21H,7-8H2,1H3. The van der Waals surface area contributed by atoms with E-state index in [0.717, 1.165) is 24.3 Å². The lowest BCUT2D eigenvalue weighted by Crippen LogP contribution is -2.30. The summed E-state index contributed by atoms with van der Waals surface area (Å²) >= 11 is 0. The van der Waals surface area contributed by atoms with Crippen molar-refractivity contribution in [3.05, 3.63) is 70.8 Å². The first-order valence-corrected chi connectivity index (χ1v) is 6.54. The van der Waals surface area contributed by atoms with Crippen LogP contribution in [0.15, 0.2) is 36.4 Å².